The summed E-state index contributed by atoms with van der Waals surface area (Å²) in [6.45, 7) is 0.375. The second-order valence-corrected chi connectivity index (χ2v) is 4.11. The predicted octanol–water partition coefficient (Wildman–Crippen LogP) is 1.83. The van der Waals surface area contributed by atoms with Crippen LogP contribution in [0.25, 0.3) is 0 Å². The summed E-state index contributed by atoms with van der Waals surface area (Å²) < 4.78 is 0. The molecule has 1 atom stereocenters. The van der Waals surface area contributed by atoms with E-state index < -0.39 is 6.10 Å². The minimum atomic E-state index is -0.418. The molecule has 0 aliphatic carbocycles. The summed E-state index contributed by atoms with van der Waals surface area (Å²) in [6, 6.07) is 7.06. The van der Waals surface area contributed by atoms with Crippen molar-refractivity contribution in [2.75, 3.05) is 11.4 Å². The van der Waals surface area contributed by atoms with E-state index in [0.717, 1.165) is 5.69 Å². The first-order valence-electron chi connectivity index (χ1n) is 4.91. The number of piperidine rings is 1. The van der Waals surface area contributed by atoms with Crippen LogP contribution in [-0.4, -0.2) is 23.7 Å². The zero-order chi connectivity index (χ0) is 10.8. The molecule has 1 aromatic carbocycles. The fraction of sp³-hybridized carbons (Fsp3) is 0.364. The molecule has 1 heterocycles. The third-order valence-corrected chi connectivity index (χ3v) is 2.78. The number of rotatable bonds is 1. The Kier molecular flexibility index (Phi) is 2.93. The molecule has 1 aromatic rings. The summed E-state index contributed by atoms with van der Waals surface area (Å²) in [5.41, 5.74) is 0.795. The number of halogens is 1. The SMILES string of the molecule is O=C1CCC(O)CN1c1ccc(Cl)cc1. The van der Waals surface area contributed by atoms with E-state index in [0.29, 0.717) is 24.4 Å². The number of carbonyl (C=O) groups excluding carboxylic acids is 1. The van der Waals surface area contributed by atoms with E-state index in [1.807, 2.05) is 0 Å². The van der Waals surface area contributed by atoms with Gasteiger partial charge in [-0.05, 0) is 30.7 Å². The second-order valence-electron chi connectivity index (χ2n) is 3.67. The highest BCUT2D eigenvalue weighted by molar-refractivity contribution is 6.30. The molecule has 3 nitrogen and oxygen atoms in total. The van der Waals surface area contributed by atoms with Gasteiger partial charge in [-0.2, -0.15) is 0 Å². The summed E-state index contributed by atoms with van der Waals surface area (Å²) in [5.74, 6) is 0.0580. The van der Waals surface area contributed by atoms with Crippen LogP contribution in [0, 0.1) is 0 Å². The normalized spacial score (nSPS) is 21.9. The first kappa shape index (κ1) is 10.5. The van der Waals surface area contributed by atoms with Gasteiger partial charge in [0, 0.05) is 17.1 Å². The number of aliphatic hydroxyl groups is 1. The third-order valence-electron chi connectivity index (χ3n) is 2.52. The number of hydrogen-bond acceptors (Lipinski definition) is 2. The Morgan fingerprint density at radius 3 is 2.67 bits per heavy atom. The third kappa shape index (κ3) is 2.30. The quantitative estimate of drug-likeness (QED) is 0.792. The van der Waals surface area contributed by atoms with E-state index in [2.05, 4.69) is 0 Å². The van der Waals surface area contributed by atoms with E-state index >= 15 is 0 Å². The fourth-order valence-electron chi connectivity index (χ4n) is 1.70. The van der Waals surface area contributed by atoms with Gasteiger partial charge in [-0.15, -0.1) is 0 Å². The van der Waals surface area contributed by atoms with Crippen molar-refractivity contribution < 1.29 is 9.90 Å². The highest BCUT2D eigenvalue weighted by atomic mass is 35.5. The van der Waals surface area contributed by atoms with Crippen molar-refractivity contribution in [3.63, 3.8) is 0 Å². The maximum Gasteiger partial charge on any atom is 0.227 e. The Morgan fingerprint density at radius 2 is 2.00 bits per heavy atom. The average Bonchev–Trinajstić information content (AvgIpc) is 2.23. The monoisotopic (exact) mass is 225 g/mol. The molecule has 1 amide bonds. The first-order valence-corrected chi connectivity index (χ1v) is 5.28. The van der Waals surface area contributed by atoms with Crippen LogP contribution in [0.2, 0.25) is 5.02 Å². The van der Waals surface area contributed by atoms with Gasteiger partial charge in [0.15, 0.2) is 0 Å². The molecule has 0 bridgehead atoms. The molecule has 1 unspecified atom stereocenters. The number of nitrogens with zero attached hydrogens (tertiary/aromatic N) is 1. The van der Waals surface area contributed by atoms with Crippen molar-refractivity contribution in [2.45, 2.75) is 18.9 Å². The average molecular weight is 226 g/mol. The highest BCUT2D eigenvalue weighted by Gasteiger charge is 2.24. The fourth-order valence-corrected chi connectivity index (χ4v) is 1.83. The molecule has 2 rings (SSSR count). The molecule has 0 radical (unpaired) electrons. The van der Waals surface area contributed by atoms with Crippen molar-refractivity contribution >= 4 is 23.2 Å². The van der Waals surface area contributed by atoms with Gasteiger partial charge in [-0.1, -0.05) is 11.6 Å². The summed E-state index contributed by atoms with van der Waals surface area (Å²) in [4.78, 5) is 13.2. The van der Waals surface area contributed by atoms with Gasteiger partial charge in [0.05, 0.1) is 12.6 Å². The van der Waals surface area contributed by atoms with Gasteiger partial charge in [0.2, 0.25) is 5.91 Å². The lowest BCUT2D eigenvalue weighted by Gasteiger charge is -2.30. The van der Waals surface area contributed by atoms with Crippen molar-refractivity contribution in [1.29, 1.82) is 0 Å². The summed E-state index contributed by atoms with van der Waals surface area (Å²) >= 11 is 5.76. The van der Waals surface area contributed by atoms with Gasteiger partial charge in [0.25, 0.3) is 0 Å². The number of amides is 1. The number of aliphatic hydroxyl groups excluding tert-OH is 1. The van der Waals surface area contributed by atoms with Crippen LogP contribution in [0.5, 0.6) is 0 Å². The van der Waals surface area contributed by atoms with Crippen LogP contribution >= 0.6 is 11.6 Å². The minimum absolute atomic E-state index is 0.0580. The topological polar surface area (TPSA) is 40.5 Å². The molecular formula is C11H12ClNO2. The van der Waals surface area contributed by atoms with Crippen molar-refractivity contribution in [1.82, 2.24) is 0 Å². The number of β-amino-alcohol motifs (C(OH)–C–C–N with tert-alkyl or cyclic N) is 1. The Bertz CT molecular complexity index is 363. The Hall–Kier alpha value is -1.06. The molecule has 4 heteroatoms. The Balaban J connectivity index is 2.21. The zero-order valence-corrected chi connectivity index (χ0v) is 8.94. The molecular weight excluding hydrogens is 214 g/mol. The van der Waals surface area contributed by atoms with Crippen molar-refractivity contribution in [2.24, 2.45) is 0 Å². The maximum absolute atomic E-state index is 11.6. The molecule has 1 N–H and O–H groups in total. The smallest absolute Gasteiger partial charge is 0.227 e. The summed E-state index contributed by atoms with van der Waals surface area (Å²) in [5, 5.41) is 10.1. The van der Waals surface area contributed by atoms with Crippen LogP contribution in [0.15, 0.2) is 24.3 Å². The first-order chi connectivity index (χ1) is 7.16. The number of hydrogen-bond donors (Lipinski definition) is 1. The van der Waals surface area contributed by atoms with Gasteiger partial charge in [-0.25, -0.2) is 0 Å². The largest absolute Gasteiger partial charge is 0.391 e. The van der Waals surface area contributed by atoms with Crippen LogP contribution < -0.4 is 4.90 Å². The number of carbonyl (C=O) groups is 1. The maximum atomic E-state index is 11.6. The van der Waals surface area contributed by atoms with E-state index in [1.165, 1.54) is 0 Å². The van der Waals surface area contributed by atoms with Crippen LogP contribution in [0.1, 0.15) is 12.8 Å². The lowest BCUT2D eigenvalue weighted by Crippen LogP contribution is -2.42. The van der Waals surface area contributed by atoms with E-state index in [-0.39, 0.29) is 5.91 Å². The van der Waals surface area contributed by atoms with Crippen LogP contribution in [0.3, 0.4) is 0 Å². The van der Waals surface area contributed by atoms with E-state index in [9.17, 15) is 9.90 Å². The highest BCUT2D eigenvalue weighted by Crippen LogP contribution is 2.22. The standard InChI is InChI=1S/C11H12ClNO2/c12-8-1-3-9(4-2-8)13-7-10(14)5-6-11(13)15/h1-4,10,14H,5-7H2. The predicted molar refractivity (Wildman–Crippen MR) is 59.0 cm³/mol. The van der Waals surface area contributed by atoms with E-state index in [4.69, 9.17) is 11.6 Å². The van der Waals surface area contributed by atoms with Gasteiger partial charge < -0.3 is 10.0 Å². The van der Waals surface area contributed by atoms with Crippen LogP contribution in [-0.2, 0) is 4.79 Å². The molecule has 80 valence electrons. The van der Waals surface area contributed by atoms with Crippen molar-refractivity contribution in [3.05, 3.63) is 29.3 Å². The molecule has 1 fully saturated rings. The molecule has 1 aliphatic heterocycles. The van der Waals surface area contributed by atoms with Gasteiger partial charge in [-0.3, -0.25) is 4.79 Å². The Morgan fingerprint density at radius 1 is 1.33 bits per heavy atom. The second kappa shape index (κ2) is 4.21. The van der Waals surface area contributed by atoms with Gasteiger partial charge >= 0.3 is 0 Å². The number of anilines is 1. The number of benzene rings is 1. The van der Waals surface area contributed by atoms with Crippen LogP contribution in [0.4, 0.5) is 5.69 Å². The molecule has 1 aliphatic rings. The van der Waals surface area contributed by atoms with Gasteiger partial charge in [0.1, 0.15) is 0 Å². The summed E-state index contributed by atoms with van der Waals surface area (Å²) in [7, 11) is 0. The minimum Gasteiger partial charge on any atom is -0.391 e. The summed E-state index contributed by atoms with van der Waals surface area (Å²) in [6.07, 6.45) is 0.547. The molecule has 0 spiro atoms. The molecule has 0 saturated carbocycles. The zero-order valence-electron chi connectivity index (χ0n) is 8.19. The lowest BCUT2D eigenvalue weighted by atomic mass is 10.1. The van der Waals surface area contributed by atoms with Crippen molar-refractivity contribution in [3.8, 4) is 0 Å². The lowest BCUT2D eigenvalue weighted by molar-refractivity contribution is -0.121. The van der Waals surface area contributed by atoms with E-state index in [1.54, 1.807) is 29.2 Å². The molecule has 1 saturated heterocycles. The molecule has 0 aromatic heterocycles. The molecule has 15 heavy (non-hydrogen) atoms. The Labute approximate surface area is 93.3 Å².